The molecule has 4 heteroatoms. The zero-order chi connectivity index (χ0) is 75.7. The van der Waals surface area contributed by atoms with E-state index in [0.29, 0.717) is 0 Å². The van der Waals surface area contributed by atoms with E-state index in [-0.39, 0.29) is 43.3 Å². The summed E-state index contributed by atoms with van der Waals surface area (Å²) < 4.78 is 0. The van der Waals surface area contributed by atoms with E-state index in [0.717, 1.165) is 89.8 Å². The van der Waals surface area contributed by atoms with Crippen molar-refractivity contribution in [2.24, 2.45) is 0 Å². The Hall–Kier alpha value is -9.12. The lowest BCUT2D eigenvalue weighted by molar-refractivity contribution is 0.568. The quantitative estimate of drug-likeness (QED) is 0.113. The van der Waals surface area contributed by atoms with Gasteiger partial charge < -0.3 is 19.6 Å². The van der Waals surface area contributed by atoms with E-state index < -0.39 is 0 Å². The standard InChI is InChI=1S/C100H118N4/c1-63-37-29-33-41-83(63)101(75-53-67(93(5,6)7)49-68(54-75)94(8,9)10)87-61-88(102(84-42-34-30-38-64(84)2)76-55-69(95(11,12)13)50-70(56-76)96(14,15)16)80-47-48-82-90(104(86-44-36-32-40-66(86)4)78-59-73(99(23,24)25)52-74(60-78)100(26,27)28)62-89(81-46-45-79(87)91(80)92(81)82)103(85-43-35-31-39-65(85)3)77-57-71(97(17,18)19)51-72(58-77)98(20,21)22/h29-62H,1-28H3. The van der Waals surface area contributed by atoms with Crippen LogP contribution in [0, 0.1) is 27.7 Å². The summed E-state index contributed by atoms with van der Waals surface area (Å²) in [6.07, 6.45) is 0. The predicted molar refractivity (Wildman–Crippen MR) is 457 cm³/mol. The van der Waals surface area contributed by atoms with Gasteiger partial charge in [0, 0.05) is 77.8 Å². The van der Waals surface area contributed by atoms with E-state index in [1.165, 1.54) is 77.5 Å². The van der Waals surface area contributed by atoms with Crippen molar-refractivity contribution in [3.05, 3.63) is 273 Å². The van der Waals surface area contributed by atoms with Crippen LogP contribution in [0.3, 0.4) is 0 Å². The van der Waals surface area contributed by atoms with E-state index >= 15 is 0 Å². The summed E-state index contributed by atoms with van der Waals surface area (Å²) in [6.45, 7) is 66.0. The van der Waals surface area contributed by atoms with E-state index in [1.54, 1.807) is 0 Å². The first-order valence-corrected chi connectivity index (χ1v) is 38.1. The summed E-state index contributed by atoms with van der Waals surface area (Å²) in [6, 6.07) is 81.2. The van der Waals surface area contributed by atoms with Crippen molar-refractivity contribution in [1.29, 1.82) is 0 Å². The molecule has 0 heterocycles. The van der Waals surface area contributed by atoms with Gasteiger partial charge in [-0.05, 0) is 223 Å². The monoisotopic (exact) mass is 1370 g/mol. The molecular formula is C100H118N4. The van der Waals surface area contributed by atoms with Crippen molar-refractivity contribution in [1.82, 2.24) is 0 Å². The number of rotatable bonds is 12. The van der Waals surface area contributed by atoms with Crippen LogP contribution in [-0.4, -0.2) is 0 Å². The molecule has 0 fully saturated rings. The molecule has 12 rings (SSSR count). The molecule has 0 aliphatic rings. The number of aryl methyl sites for hydroxylation is 4. The molecule has 0 radical (unpaired) electrons. The van der Waals surface area contributed by atoms with Gasteiger partial charge in [0.05, 0.1) is 22.7 Å². The molecule has 0 spiro atoms. The number of nitrogens with zero attached hydrogens (tertiary/aromatic N) is 4. The van der Waals surface area contributed by atoms with Crippen LogP contribution in [0.4, 0.5) is 68.2 Å². The third-order valence-electron chi connectivity index (χ3n) is 21.8. The van der Waals surface area contributed by atoms with Crippen molar-refractivity contribution in [2.75, 3.05) is 19.6 Å². The molecule has 0 saturated carbocycles. The van der Waals surface area contributed by atoms with Gasteiger partial charge in [-0.15, -0.1) is 0 Å². The molecule has 104 heavy (non-hydrogen) atoms. The van der Waals surface area contributed by atoms with Crippen molar-refractivity contribution in [2.45, 2.75) is 237 Å². The van der Waals surface area contributed by atoms with Gasteiger partial charge in [0.1, 0.15) is 0 Å². The Labute approximate surface area is 626 Å². The van der Waals surface area contributed by atoms with E-state index in [4.69, 9.17) is 0 Å². The Morgan fingerprint density at radius 2 is 0.327 bits per heavy atom. The largest absolute Gasteiger partial charge is 0.310 e. The minimum atomic E-state index is -0.162. The minimum Gasteiger partial charge on any atom is -0.310 e. The molecule has 0 aromatic heterocycles. The maximum atomic E-state index is 2.64. The van der Waals surface area contributed by atoms with Gasteiger partial charge in [-0.2, -0.15) is 0 Å². The highest BCUT2D eigenvalue weighted by Crippen LogP contribution is 2.58. The fourth-order valence-electron chi connectivity index (χ4n) is 15.0. The summed E-state index contributed by atoms with van der Waals surface area (Å²) in [5.74, 6) is 0. The average Bonchev–Trinajstić information content (AvgIpc) is 0.697. The molecule has 4 nitrogen and oxygen atoms in total. The number of anilines is 12. The fraction of sp³-hybridized carbons (Fsp3) is 0.360. The maximum absolute atomic E-state index is 2.64. The SMILES string of the molecule is Cc1ccccc1N(c1cc(C(C)(C)C)cc(C(C)(C)C)c1)c1cc(N(c2cc(C(C)(C)C)cc(C(C)(C)C)c2)c2ccccc2C)c2ccc3c(N(c4cc(C(C)(C)C)cc(C(C)(C)C)c4)c4ccccc4C)cc(N(c4cc(C(C)(C)C)cc(C(C)(C)C)c4)c4ccccc4C)c4ccc1c2c43. The molecule has 538 valence electrons. The normalized spacial score (nSPS) is 13.0. The summed E-state index contributed by atoms with van der Waals surface area (Å²) >= 11 is 0. The minimum absolute atomic E-state index is 0.162. The second-order valence-electron chi connectivity index (χ2n) is 38.5. The molecule has 0 aliphatic carbocycles. The highest BCUT2D eigenvalue weighted by Gasteiger charge is 2.35. The number of benzene rings is 12. The first kappa shape index (κ1) is 74.6. The zero-order valence-electron chi connectivity index (χ0n) is 68.4. The Kier molecular flexibility index (Phi) is 19.0. The molecule has 0 unspecified atom stereocenters. The van der Waals surface area contributed by atoms with Crippen LogP contribution in [0.15, 0.2) is 206 Å². The van der Waals surface area contributed by atoms with Crippen molar-refractivity contribution >= 4 is 101 Å². The van der Waals surface area contributed by atoms with Gasteiger partial charge >= 0.3 is 0 Å². The Balaban J connectivity index is 1.40. The summed E-state index contributed by atoms with van der Waals surface area (Å²) in [7, 11) is 0. The van der Waals surface area contributed by atoms with Gasteiger partial charge in [-0.3, -0.25) is 0 Å². The lowest BCUT2D eigenvalue weighted by atomic mass is 9.80. The first-order valence-electron chi connectivity index (χ1n) is 38.1. The average molecular weight is 1380 g/mol. The van der Waals surface area contributed by atoms with Crippen LogP contribution in [0.25, 0.3) is 32.3 Å². The number of para-hydroxylation sites is 4. The van der Waals surface area contributed by atoms with Gasteiger partial charge in [0.15, 0.2) is 0 Å². The molecule has 12 aromatic carbocycles. The molecule has 0 N–H and O–H groups in total. The summed E-state index contributed by atoms with van der Waals surface area (Å²) in [5.41, 5.74) is 27.3. The third kappa shape index (κ3) is 14.5. The van der Waals surface area contributed by atoms with Gasteiger partial charge in [-0.25, -0.2) is 0 Å². The van der Waals surface area contributed by atoms with Crippen molar-refractivity contribution in [3.8, 4) is 0 Å². The van der Waals surface area contributed by atoms with Gasteiger partial charge in [-0.1, -0.05) is 287 Å². The van der Waals surface area contributed by atoms with Crippen molar-refractivity contribution < 1.29 is 0 Å². The molecule has 0 amide bonds. The Morgan fingerprint density at radius 1 is 0.173 bits per heavy atom. The lowest BCUT2D eigenvalue weighted by Crippen LogP contribution is -2.21. The topological polar surface area (TPSA) is 13.0 Å². The lowest BCUT2D eigenvalue weighted by Gasteiger charge is -2.37. The van der Waals surface area contributed by atoms with Crippen LogP contribution in [-0.2, 0) is 43.3 Å². The molecule has 0 bridgehead atoms. The van der Waals surface area contributed by atoms with E-state index in [2.05, 4.69) is 420 Å². The van der Waals surface area contributed by atoms with Crippen molar-refractivity contribution in [3.63, 3.8) is 0 Å². The molecule has 0 saturated heterocycles. The fourth-order valence-corrected chi connectivity index (χ4v) is 15.0. The number of hydrogen-bond acceptors (Lipinski definition) is 4. The second-order valence-corrected chi connectivity index (χ2v) is 38.5. The summed E-state index contributed by atoms with van der Waals surface area (Å²) in [5, 5.41) is 7.05. The van der Waals surface area contributed by atoms with Crippen LogP contribution < -0.4 is 19.6 Å². The van der Waals surface area contributed by atoms with Crippen LogP contribution in [0.2, 0.25) is 0 Å². The molecule has 0 atom stereocenters. The van der Waals surface area contributed by atoms with Crippen LogP contribution >= 0.6 is 0 Å². The highest BCUT2D eigenvalue weighted by molar-refractivity contribution is 6.33. The second kappa shape index (κ2) is 26.5. The van der Waals surface area contributed by atoms with Gasteiger partial charge in [0.25, 0.3) is 0 Å². The smallest absolute Gasteiger partial charge is 0.0561 e. The Morgan fingerprint density at radius 3 is 0.471 bits per heavy atom. The van der Waals surface area contributed by atoms with E-state index in [1.807, 2.05) is 0 Å². The highest BCUT2D eigenvalue weighted by atomic mass is 15.2. The predicted octanol–water partition coefficient (Wildman–Crippen LogP) is 30.1. The van der Waals surface area contributed by atoms with Gasteiger partial charge in [0.2, 0.25) is 0 Å². The Bertz CT molecular complexity index is 4450. The maximum Gasteiger partial charge on any atom is 0.0561 e. The molecular weight excluding hydrogens is 1260 g/mol. The van der Waals surface area contributed by atoms with Crippen LogP contribution in [0.1, 0.15) is 233 Å². The molecule has 0 aliphatic heterocycles. The molecule has 12 aromatic rings. The van der Waals surface area contributed by atoms with E-state index in [9.17, 15) is 0 Å². The van der Waals surface area contributed by atoms with Crippen LogP contribution in [0.5, 0.6) is 0 Å². The summed E-state index contributed by atoms with van der Waals surface area (Å²) in [4.78, 5) is 10.5. The first-order chi connectivity index (χ1) is 48.3. The third-order valence-corrected chi connectivity index (χ3v) is 21.8. The zero-order valence-corrected chi connectivity index (χ0v) is 68.4. The number of hydrogen-bond donors (Lipinski definition) is 0.